The summed E-state index contributed by atoms with van der Waals surface area (Å²) >= 11 is 0. The van der Waals surface area contributed by atoms with Crippen LogP contribution in [0.5, 0.6) is 0 Å². The molecule has 1 aliphatic rings. The maximum Gasteiger partial charge on any atom is 0.262 e. The number of nitrogens with one attached hydrogen (secondary N) is 2. The molecule has 3 amide bonds. The van der Waals surface area contributed by atoms with Gasteiger partial charge in [-0.3, -0.25) is 23.9 Å². The van der Waals surface area contributed by atoms with Crippen molar-refractivity contribution in [2.24, 2.45) is 0 Å². The first-order chi connectivity index (χ1) is 16.1. The molecule has 10 heteroatoms. The normalized spacial score (nSPS) is 12.5. The number of anilines is 3. The summed E-state index contributed by atoms with van der Waals surface area (Å²) in [6.45, 7) is -0.357. The van der Waals surface area contributed by atoms with E-state index in [1.165, 1.54) is 6.33 Å². The zero-order valence-electron chi connectivity index (χ0n) is 17.2. The Morgan fingerprint density at radius 1 is 0.909 bits per heavy atom. The van der Waals surface area contributed by atoms with Gasteiger partial charge in [-0.1, -0.05) is 12.1 Å². The van der Waals surface area contributed by atoms with Gasteiger partial charge in [0.25, 0.3) is 11.8 Å². The summed E-state index contributed by atoms with van der Waals surface area (Å²) in [5.74, 6) is -0.139. The van der Waals surface area contributed by atoms with E-state index in [2.05, 4.69) is 25.6 Å². The van der Waals surface area contributed by atoms with Gasteiger partial charge in [0.05, 0.1) is 11.1 Å². The summed E-state index contributed by atoms with van der Waals surface area (Å²) in [6, 6.07) is 15.3. The summed E-state index contributed by atoms with van der Waals surface area (Å²) in [5, 5.41) is 5.88. The van der Waals surface area contributed by atoms with Gasteiger partial charge in [-0.05, 0) is 36.4 Å². The highest BCUT2D eigenvalue weighted by Crippen LogP contribution is 2.23. The molecule has 0 radical (unpaired) electrons. The van der Waals surface area contributed by atoms with Crippen LogP contribution in [0.15, 0.2) is 79.6 Å². The molecule has 0 fully saturated rings. The minimum atomic E-state index is -0.467. The number of imide groups is 1. The van der Waals surface area contributed by atoms with Crippen molar-refractivity contribution in [1.29, 1.82) is 0 Å². The Bertz CT molecular complexity index is 1320. The van der Waals surface area contributed by atoms with Crippen LogP contribution < -0.4 is 10.6 Å². The van der Waals surface area contributed by atoms with Crippen molar-refractivity contribution in [2.45, 2.75) is 0 Å². The Kier molecular flexibility index (Phi) is 5.07. The van der Waals surface area contributed by atoms with Crippen molar-refractivity contribution in [2.75, 3.05) is 17.2 Å². The smallest absolute Gasteiger partial charge is 0.262 e. The maximum atomic E-state index is 12.4. The Morgan fingerprint density at radius 2 is 1.61 bits per heavy atom. The van der Waals surface area contributed by atoms with E-state index in [0.29, 0.717) is 28.5 Å². The largest absolute Gasteiger partial charge is 0.340 e. The number of amides is 3. The number of aromatic nitrogens is 4. The number of hydrogen-bond acceptors (Lipinski definition) is 7. The molecule has 4 aromatic rings. The fourth-order valence-corrected chi connectivity index (χ4v) is 3.46. The van der Waals surface area contributed by atoms with Crippen molar-refractivity contribution >= 4 is 34.9 Å². The third-order valence-electron chi connectivity index (χ3n) is 5.04. The highest BCUT2D eigenvalue weighted by Gasteiger charge is 2.36. The molecule has 0 aliphatic carbocycles. The van der Waals surface area contributed by atoms with E-state index >= 15 is 0 Å². The third kappa shape index (κ3) is 4.04. The zero-order chi connectivity index (χ0) is 22.8. The second-order valence-corrected chi connectivity index (χ2v) is 7.22. The number of carbonyl (C=O) groups excluding carboxylic acids is 3. The van der Waals surface area contributed by atoms with Crippen molar-refractivity contribution in [3.8, 4) is 5.82 Å². The Balaban J connectivity index is 1.21. The minimum Gasteiger partial charge on any atom is -0.340 e. The topological polar surface area (TPSA) is 122 Å². The van der Waals surface area contributed by atoms with E-state index in [9.17, 15) is 14.4 Å². The lowest BCUT2D eigenvalue weighted by molar-refractivity contribution is -0.116. The monoisotopic (exact) mass is 439 g/mol. The van der Waals surface area contributed by atoms with Gasteiger partial charge < -0.3 is 10.6 Å². The predicted molar refractivity (Wildman–Crippen MR) is 119 cm³/mol. The quantitative estimate of drug-likeness (QED) is 0.443. The van der Waals surface area contributed by atoms with Crippen LogP contribution in [0.3, 0.4) is 0 Å². The number of rotatable bonds is 6. The van der Waals surface area contributed by atoms with Crippen molar-refractivity contribution < 1.29 is 14.4 Å². The van der Waals surface area contributed by atoms with E-state index in [4.69, 9.17) is 0 Å². The number of hydrogen-bond donors (Lipinski definition) is 2. The summed E-state index contributed by atoms with van der Waals surface area (Å²) in [7, 11) is 0. The minimum absolute atomic E-state index is 0.312. The number of imidazole rings is 1. The molecule has 0 atom stereocenters. The molecule has 0 bridgehead atoms. The molecule has 0 saturated carbocycles. The van der Waals surface area contributed by atoms with Crippen LogP contribution in [-0.2, 0) is 4.79 Å². The summed E-state index contributed by atoms with van der Waals surface area (Å²) in [5.41, 5.74) is 1.91. The molecular weight excluding hydrogens is 422 g/mol. The molecule has 0 spiro atoms. The first kappa shape index (κ1) is 20.1. The van der Waals surface area contributed by atoms with Gasteiger partial charge in [0, 0.05) is 29.8 Å². The zero-order valence-corrected chi connectivity index (χ0v) is 17.2. The van der Waals surface area contributed by atoms with Gasteiger partial charge in [-0.2, -0.15) is 0 Å². The number of benzene rings is 2. The molecule has 0 unspecified atom stereocenters. The second-order valence-electron chi connectivity index (χ2n) is 7.22. The van der Waals surface area contributed by atoms with Crippen molar-refractivity contribution in [3.05, 3.63) is 90.8 Å². The van der Waals surface area contributed by atoms with Crippen molar-refractivity contribution in [3.63, 3.8) is 0 Å². The molecule has 1 aliphatic heterocycles. The predicted octanol–water partition coefficient (Wildman–Crippen LogP) is 2.64. The fourth-order valence-electron chi connectivity index (χ4n) is 3.46. The Labute approximate surface area is 187 Å². The van der Waals surface area contributed by atoms with Crippen LogP contribution in [-0.4, -0.2) is 48.7 Å². The molecule has 33 heavy (non-hydrogen) atoms. The van der Waals surface area contributed by atoms with Crippen molar-refractivity contribution in [1.82, 2.24) is 24.4 Å². The van der Waals surface area contributed by atoms with Gasteiger partial charge in [-0.25, -0.2) is 15.0 Å². The Hall–Kier alpha value is -4.86. The third-order valence-corrected chi connectivity index (χ3v) is 5.04. The van der Waals surface area contributed by atoms with E-state index in [1.807, 2.05) is 0 Å². The van der Waals surface area contributed by atoms with Crippen LogP contribution in [0, 0.1) is 0 Å². The van der Waals surface area contributed by atoms with E-state index < -0.39 is 17.7 Å². The first-order valence-corrected chi connectivity index (χ1v) is 10.0. The number of nitrogens with zero attached hydrogens (tertiary/aromatic N) is 5. The van der Waals surface area contributed by atoms with Gasteiger partial charge in [0.1, 0.15) is 30.8 Å². The van der Waals surface area contributed by atoms with Crippen LogP contribution in [0.2, 0.25) is 0 Å². The number of carbonyl (C=O) groups is 3. The average molecular weight is 439 g/mol. The fraction of sp³-hybridized carbons (Fsp3) is 0.0435. The highest BCUT2D eigenvalue weighted by atomic mass is 16.2. The molecule has 5 rings (SSSR count). The van der Waals surface area contributed by atoms with Crippen LogP contribution in [0.4, 0.5) is 17.2 Å². The van der Waals surface area contributed by atoms with E-state index in [-0.39, 0.29) is 6.54 Å². The molecule has 2 aromatic heterocycles. The summed E-state index contributed by atoms with van der Waals surface area (Å²) in [4.78, 5) is 50.6. The first-order valence-electron chi connectivity index (χ1n) is 10.0. The second kappa shape index (κ2) is 8.35. The maximum absolute atomic E-state index is 12.4. The van der Waals surface area contributed by atoms with E-state index in [0.717, 1.165) is 10.6 Å². The SMILES string of the molecule is O=C(CN1C(=O)c2ccccc2C1=O)Nc1ccc(Nc2cc(-n3ccnc3)ncn2)cc1. The van der Waals surface area contributed by atoms with Gasteiger partial charge in [-0.15, -0.1) is 0 Å². The Morgan fingerprint density at radius 3 is 2.27 bits per heavy atom. The lowest BCUT2D eigenvalue weighted by Gasteiger charge is -2.14. The molecule has 2 aromatic carbocycles. The van der Waals surface area contributed by atoms with Gasteiger partial charge in [0.15, 0.2) is 0 Å². The standard InChI is InChI=1S/C23H17N7O3/c31-21(12-30-22(32)17-3-1-2-4-18(17)23(30)33)28-16-7-5-15(6-8-16)27-19-11-20(26-13-25-19)29-10-9-24-14-29/h1-11,13-14H,12H2,(H,28,31)(H,25,26,27). The lowest BCUT2D eigenvalue weighted by atomic mass is 10.1. The average Bonchev–Trinajstić information content (AvgIpc) is 3.45. The number of fused-ring (bicyclic) bond motifs is 1. The summed E-state index contributed by atoms with van der Waals surface area (Å²) in [6.07, 6.45) is 6.54. The van der Waals surface area contributed by atoms with Gasteiger partial charge >= 0.3 is 0 Å². The molecular formula is C23H17N7O3. The van der Waals surface area contributed by atoms with Crippen LogP contribution in [0.1, 0.15) is 20.7 Å². The molecule has 3 heterocycles. The summed E-state index contributed by atoms with van der Waals surface area (Å²) < 4.78 is 1.76. The van der Waals surface area contributed by atoms with Crippen LogP contribution >= 0.6 is 0 Å². The molecule has 162 valence electrons. The van der Waals surface area contributed by atoms with E-state index in [1.54, 1.807) is 77.9 Å². The molecule has 0 saturated heterocycles. The molecule has 2 N–H and O–H groups in total. The van der Waals surface area contributed by atoms with Crippen LogP contribution in [0.25, 0.3) is 5.82 Å². The highest BCUT2D eigenvalue weighted by molar-refractivity contribution is 6.22. The lowest BCUT2D eigenvalue weighted by Crippen LogP contribution is -2.37. The van der Waals surface area contributed by atoms with Gasteiger partial charge in [0.2, 0.25) is 5.91 Å². The molecule has 10 nitrogen and oxygen atoms in total.